The number of ketones is 1. The molecule has 0 spiro atoms. The molecule has 1 aliphatic rings. The standard InChI is InChI=1S/C24H25N5O3S/c1-12-19(23(31)32-4)13(2)26-20(12)21(30)14(3)33-24-28-27-22(29(24)15-9-10-15)17-11-25-18-8-6-5-7-16(17)18/h5-8,11,14-15,25-26H,9-10H2,1-4H3. The van der Waals surface area contributed by atoms with Crippen LogP contribution in [-0.4, -0.2) is 48.8 Å². The molecule has 0 amide bonds. The fraction of sp³-hybridized carbons (Fsp3) is 0.333. The summed E-state index contributed by atoms with van der Waals surface area (Å²) in [5, 5.41) is 10.4. The van der Waals surface area contributed by atoms with E-state index in [1.54, 1.807) is 13.8 Å². The number of carbonyl (C=O) groups is 2. The monoisotopic (exact) mass is 463 g/mol. The normalized spacial score (nSPS) is 14.5. The van der Waals surface area contributed by atoms with E-state index >= 15 is 0 Å². The Morgan fingerprint density at radius 3 is 2.70 bits per heavy atom. The van der Waals surface area contributed by atoms with Gasteiger partial charge < -0.3 is 14.7 Å². The maximum absolute atomic E-state index is 13.3. The molecule has 170 valence electrons. The van der Waals surface area contributed by atoms with Gasteiger partial charge in [0.25, 0.3) is 0 Å². The van der Waals surface area contributed by atoms with Crippen molar-refractivity contribution in [3.8, 4) is 11.4 Å². The summed E-state index contributed by atoms with van der Waals surface area (Å²) >= 11 is 1.40. The van der Waals surface area contributed by atoms with Gasteiger partial charge in [0, 0.05) is 34.4 Å². The highest BCUT2D eigenvalue weighted by atomic mass is 32.2. The highest BCUT2D eigenvalue weighted by Crippen LogP contribution is 2.43. The first-order valence-electron chi connectivity index (χ1n) is 10.9. The minimum atomic E-state index is -0.447. The number of Topliss-reactive ketones (excluding diaryl/α,β-unsaturated/α-hetero) is 1. The molecule has 3 heterocycles. The van der Waals surface area contributed by atoms with E-state index in [1.807, 2.05) is 31.3 Å². The first-order valence-corrected chi connectivity index (χ1v) is 11.8. The van der Waals surface area contributed by atoms with Crippen LogP contribution >= 0.6 is 11.8 Å². The van der Waals surface area contributed by atoms with Crippen LogP contribution in [0.15, 0.2) is 35.6 Å². The average molecular weight is 464 g/mol. The number of nitrogens with one attached hydrogen (secondary N) is 2. The second kappa shape index (κ2) is 8.22. The highest BCUT2D eigenvalue weighted by Gasteiger charge is 2.33. The number of aryl methyl sites for hydroxylation is 1. The van der Waals surface area contributed by atoms with Gasteiger partial charge in [-0.3, -0.25) is 9.36 Å². The summed E-state index contributed by atoms with van der Waals surface area (Å²) in [5.41, 5.74) is 4.15. The molecule has 3 aromatic heterocycles. The van der Waals surface area contributed by atoms with Gasteiger partial charge in [-0.15, -0.1) is 10.2 Å². The summed E-state index contributed by atoms with van der Waals surface area (Å²) in [6, 6.07) is 8.46. The predicted molar refractivity (Wildman–Crippen MR) is 127 cm³/mol. The number of aromatic amines is 2. The smallest absolute Gasteiger partial charge is 0.339 e. The van der Waals surface area contributed by atoms with E-state index < -0.39 is 11.2 Å². The second-order valence-electron chi connectivity index (χ2n) is 8.40. The zero-order valence-electron chi connectivity index (χ0n) is 18.9. The van der Waals surface area contributed by atoms with Crippen molar-refractivity contribution < 1.29 is 14.3 Å². The lowest BCUT2D eigenvalue weighted by atomic mass is 10.1. The molecule has 0 radical (unpaired) electrons. The van der Waals surface area contributed by atoms with Crippen molar-refractivity contribution in [2.24, 2.45) is 0 Å². The minimum absolute atomic E-state index is 0.0882. The van der Waals surface area contributed by atoms with Gasteiger partial charge in [0.2, 0.25) is 0 Å². The Morgan fingerprint density at radius 1 is 1.21 bits per heavy atom. The van der Waals surface area contributed by atoms with Gasteiger partial charge in [-0.25, -0.2) is 4.79 Å². The number of benzene rings is 1. The van der Waals surface area contributed by atoms with E-state index in [1.165, 1.54) is 18.9 Å². The number of para-hydroxylation sites is 1. The molecule has 1 aromatic carbocycles. The van der Waals surface area contributed by atoms with Crippen LogP contribution in [0.25, 0.3) is 22.3 Å². The van der Waals surface area contributed by atoms with E-state index in [-0.39, 0.29) is 5.78 Å². The maximum atomic E-state index is 13.3. The molecule has 33 heavy (non-hydrogen) atoms. The van der Waals surface area contributed by atoms with Crippen LogP contribution in [0.3, 0.4) is 0 Å². The van der Waals surface area contributed by atoms with E-state index in [9.17, 15) is 9.59 Å². The molecule has 5 rings (SSSR count). The Bertz CT molecular complexity index is 1380. The number of carbonyl (C=O) groups excluding carboxylic acids is 2. The number of methoxy groups -OCH3 is 1. The number of hydrogen-bond acceptors (Lipinski definition) is 6. The number of ether oxygens (including phenoxy) is 1. The lowest BCUT2D eigenvalue weighted by molar-refractivity contribution is 0.0599. The Balaban J connectivity index is 1.46. The summed E-state index contributed by atoms with van der Waals surface area (Å²) in [6.07, 6.45) is 4.11. The number of nitrogens with zero attached hydrogens (tertiary/aromatic N) is 3. The van der Waals surface area contributed by atoms with Crippen LogP contribution in [0.4, 0.5) is 0 Å². The summed E-state index contributed by atoms with van der Waals surface area (Å²) < 4.78 is 7.03. The van der Waals surface area contributed by atoms with Crippen molar-refractivity contribution in [1.82, 2.24) is 24.7 Å². The lowest BCUT2D eigenvalue weighted by Crippen LogP contribution is -2.16. The van der Waals surface area contributed by atoms with Gasteiger partial charge in [-0.1, -0.05) is 30.0 Å². The number of fused-ring (bicyclic) bond motifs is 1. The zero-order valence-corrected chi connectivity index (χ0v) is 19.7. The number of thioether (sulfide) groups is 1. The fourth-order valence-corrected chi connectivity index (χ4v) is 5.26. The molecule has 8 nitrogen and oxygen atoms in total. The quantitative estimate of drug-likeness (QED) is 0.230. The molecule has 0 saturated heterocycles. The lowest BCUT2D eigenvalue weighted by Gasteiger charge is -2.12. The third-order valence-electron chi connectivity index (χ3n) is 6.13. The average Bonchev–Trinajstić information content (AvgIpc) is 3.31. The van der Waals surface area contributed by atoms with Gasteiger partial charge in [-0.2, -0.15) is 0 Å². The molecular weight excluding hydrogens is 438 g/mol. The summed E-state index contributed by atoms with van der Waals surface area (Å²) in [4.78, 5) is 31.8. The van der Waals surface area contributed by atoms with Gasteiger partial charge in [0.15, 0.2) is 16.8 Å². The van der Waals surface area contributed by atoms with Crippen LogP contribution in [0, 0.1) is 13.8 Å². The molecule has 2 N–H and O–H groups in total. The summed E-state index contributed by atoms with van der Waals surface area (Å²) in [6.45, 7) is 5.39. The molecule has 4 aromatic rings. The van der Waals surface area contributed by atoms with Crippen LogP contribution in [0.2, 0.25) is 0 Å². The topological polar surface area (TPSA) is 106 Å². The third kappa shape index (κ3) is 3.66. The molecule has 0 bridgehead atoms. The molecule has 9 heteroatoms. The van der Waals surface area contributed by atoms with Crippen molar-refractivity contribution >= 4 is 34.4 Å². The molecule has 0 aliphatic heterocycles. The van der Waals surface area contributed by atoms with Gasteiger partial charge >= 0.3 is 5.97 Å². The van der Waals surface area contributed by atoms with Crippen molar-refractivity contribution in [3.63, 3.8) is 0 Å². The van der Waals surface area contributed by atoms with Crippen molar-refractivity contribution in [1.29, 1.82) is 0 Å². The number of esters is 1. The third-order valence-corrected chi connectivity index (χ3v) is 7.19. The largest absolute Gasteiger partial charge is 0.465 e. The summed E-state index contributed by atoms with van der Waals surface area (Å²) in [5.74, 6) is 0.282. The van der Waals surface area contributed by atoms with Crippen LogP contribution < -0.4 is 0 Å². The Labute approximate surface area is 195 Å². The van der Waals surface area contributed by atoms with Crippen molar-refractivity contribution in [2.75, 3.05) is 7.11 Å². The number of aromatic nitrogens is 5. The van der Waals surface area contributed by atoms with Crippen LogP contribution in [0.5, 0.6) is 0 Å². The van der Waals surface area contributed by atoms with Crippen molar-refractivity contribution in [3.05, 3.63) is 53.0 Å². The van der Waals surface area contributed by atoms with E-state index in [0.717, 1.165) is 40.3 Å². The van der Waals surface area contributed by atoms with E-state index in [2.05, 4.69) is 30.8 Å². The van der Waals surface area contributed by atoms with Gasteiger partial charge in [-0.05, 0) is 45.2 Å². The number of rotatable bonds is 7. The first-order chi connectivity index (χ1) is 15.9. The molecule has 1 saturated carbocycles. The molecular formula is C24H25N5O3S. The Kier molecular flexibility index (Phi) is 5.36. The van der Waals surface area contributed by atoms with Crippen LogP contribution in [-0.2, 0) is 4.74 Å². The van der Waals surface area contributed by atoms with E-state index in [4.69, 9.17) is 4.74 Å². The molecule has 1 aliphatic carbocycles. The Hall–Kier alpha value is -3.33. The SMILES string of the molecule is COC(=O)c1c(C)[nH]c(C(=O)C(C)Sc2nnc(-c3c[nH]c4ccccc34)n2C2CC2)c1C. The molecule has 1 unspecified atom stereocenters. The van der Waals surface area contributed by atoms with Crippen LogP contribution in [0.1, 0.15) is 57.9 Å². The number of hydrogen-bond donors (Lipinski definition) is 2. The Morgan fingerprint density at radius 2 is 1.97 bits per heavy atom. The van der Waals surface area contributed by atoms with Gasteiger partial charge in [0.05, 0.1) is 23.6 Å². The second-order valence-corrected chi connectivity index (χ2v) is 9.70. The molecule has 1 atom stereocenters. The highest BCUT2D eigenvalue weighted by molar-refractivity contribution is 8.00. The van der Waals surface area contributed by atoms with Crippen molar-refractivity contribution in [2.45, 2.75) is 50.1 Å². The zero-order chi connectivity index (χ0) is 23.3. The number of H-pyrrole nitrogens is 2. The first kappa shape index (κ1) is 21.5. The van der Waals surface area contributed by atoms with E-state index in [0.29, 0.717) is 28.6 Å². The summed E-state index contributed by atoms with van der Waals surface area (Å²) in [7, 11) is 1.34. The van der Waals surface area contributed by atoms with Gasteiger partial charge in [0.1, 0.15) is 0 Å². The maximum Gasteiger partial charge on any atom is 0.339 e. The predicted octanol–water partition coefficient (Wildman–Crippen LogP) is 4.86. The fourth-order valence-electron chi connectivity index (χ4n) is 4.28. The minimum Gasteiger partial charge on any atom is -0.465 e. The molecule has 1 fully saturated rings.